The molecule has 4 heteroatoms. The van der Waals surface area contributed by atoms with E-state index in [9.17, 15) is 4.79 Å². The molecule has 1 aromatic heterocycles. The van der Waals surface area contributed by atoms with Crippen molar-refractivity contribution in [3.05, 3.63) is 59.5 Å². The molecule has 3 nitrogen and oxygen atoms in total. The summed E-state index contributed by atoms with van der Waals surface area (Å²) in [5, 5.41) is 2.56. The standard InChI is InChI=1S/C14H14ClNO2/c1-10-12(7-8-18-10)14(17)16-9-13(15)11-5-3-2-4-6-11/h2-8,13H,9H2,1H3,(H,16,17). The lowest BCUT2D eigenvalue weighted by molar-refractivity contribution is 0.0952. The van der Waals surface area contributed by atoms with Crippen LogP contribution in [0.2, 0.25) is 0 Å². The van der Waals surface area contributed by atoms with Crippen molar-refractivity contribution in [3.8, 4) is 0 Å². The fourth-order valence-corrected chi connectivity index (χ4v) is 1.90. The quantitative estimate of drug-likeness (QED) is 0.860. The highest BCUT2D eigenvalue weighted by atomic mass is 35.5. The summed E-state index contributed by atoms with van der Waals surface area (Å²) >= 11 is 6.21. The largest absolute Gasteiger partial charge is 0.469 e. The van der Waals surface area contributed by atoms with Crippen LogP contribution in [0.5, 0.6) is 0 Å². The molecule has 1 N–H and O–H groups in total. The van der Waals surface area contributed by atoms with Crippen LogP contribution in [-0.4, -0.2) is 12.5 Å². The summed E-state index contributed by atoms with van der Waals surface area (Å²) in [6.45, 7) is 2.14. The zero-order valence-corrected chi connectivity index (χ0v) is 10.8. The second-order valence-electron chi connectivity index (χ2n) is 3.98. The maximum atomic E-state index is 11.8. The molecule has 1 amide bonds. The van der Waals surface area contributed by atoms with Crippen molar-refractivity contribution in [2.75, 3.05) is 6.54 Å². The Morgan fingerprint density at radius 1 is 1.33 bits per heavy atom. The third-order valence-corrected chi connectivity index (χ3v) is 3.11. The summed E-state index contributed by atoms with van der Waals surface area (Å²) in [5.74, 6) is 0.446. The van der Waals surface area contributed by atoms with Gasteiger partial charge in [-0.05, 0) is 18.6 Å². The van der Waals surface area contributed by atoms with Crippen LogP contribution in [0.15, 0.2) is 47.1 Å². The smallest absolute Gasteiger partial charge is 0.254 e. The van der Waals surface area contributed by atoms with Crippen molar-refractivity contribution >= 4 is 17.5 Å². The van der Waals surface area contributed by atoms with E-state index in [2.05, 4.69) is 5.32 Å². The Hall–Kier alpha value is -1.74. The zero-order chi connectivity index (χ0) is 13.0. The van der Waals surface area contributed by atoms with Gasteiger partial charge < -0.3 is 9.73 Å². The van der Waals surface area contributed by atoms with E-state index >= 15 is 0 Å². The van der Waals surface area contributed by atoms with Crippen LogP contribution in [0, 0.1) is 6.92 Å². The lowest BCUT2D eigenvalue weighted by Crippen LogP contribution is -2.27. The monoisotopic (exact) mass is 263 g/mol. The first-order valence-corrected chi connectivity index (χ1v) is 6.13. The molecule has 0 fully saturated rings. The molecule has 0 aliphatic heterocycles. The van der Waals surface area contributed by atoms with Gasteiger partial charge in [0.2, 0.25) is 0 Å². The van der Waals surface area contributed by atoms with Crippen molar-refractivity contribution in [1.29, 1.82) is 0 Å². The molecule has 2 rings (SSSR count). The molecule has 0 bridgehead atoms. The number of rotatable bonds is 4. The molecule has 1 aromatic carbocycles. The third kappa shape index (κ3) is 2.93. The van der Waals surface area contributed by atoms with Gasteiger partial charge in [0, 0.05) is 6.54 Å². The minimum atomic E-state index is -0.234. The minimum absolute atomic E-state index is 0.164. The number of aryl methyl sites for hydroxylation is 1. The normalized spacial score (nSPS) is 12.1. The first-order valence-electron chi connectivity index (χ1n) is 5.70. The van der Waals surface area contributed by atoms with Gasteiger partial charge in [0.25, 0.3) is 5.91 Å². The van der Waals surface area contributed by atoms with Gasteiger partial charge in [-0.15, -0.1) is 11.6 Å². The summed E-state index contributed by atoms with van der Waals surface area (Å²) in [6, 6.07) is 11.3. The Kier molecular flexibility index (Phi) is 4.05. The number of hydrogen-bond acceptors (Lipinski definition) is 2. The van der Waals surface area contributed by atoms with E-state index in [4.69, 9.17) is 16.0 Å². The topological polar surface area (TPSA) is 42.2 Å². The number of nitrogens with one attached hydrogen (secondary N) is 1. The van der Waals surface area contributed by atoms with Crippen molar-refractivity contribution in [2.45, 2.75) is 12.3 Å². The number of carbonyl (C=O) groups is 1. The Bertz CT molecular complexity index is 522. The number of halogens is 1. The number of hydrogen-bond donors (Lipinski definition) is 1. The second kappa shape index (κ2) is 5.74. The predicted octanol–water partition coefficient (Wildman–Crippen LogP) is 3.30. The van der Waals surface area contributed by atoms with E-state index in [1.54, 1.807) is 13.0 Å². The minimum Gasteiger partial charge on any atom is -0.469 e. The van der Waals surface area contributed by atoms with Gasteiger partial charge in [-0.1, -0.05) is 30.3 Å². The van der Waals surface area contributed by atoms with Crippen molar-refractivity contribution < 1.29 is 9.21 Å². The molecule has 0 aliphatic carbocycles. The molecule has 94 valence electrons. The van der Waals surface area contributed by atoms with Gasteiger partial charge in [-0.3, -0.25) is 4.79 Å². The van der Waals surface area contributed by atoms with Crippen LogP contribution in [0.4, 0.5) is 0 Å². The SMILES string of the molecule is Cc1occc1C(=O)NCC(Cl)c1ccccc1. The Labute approximate surface area is 111 Å². The maximum Gasteiger partial charge on any atom is 0.254 e. The van der Waals surface area contributed by atoms with Gasteiger partial charge in [0.05, 0.1) is 17.2 Å². The molecular weight excluding hydrogens is 250 g/mol. The number of alkyl halides is 1. The number of amides is 1. The summed E-state index contributed by atoms with van der Waals surface area (Å²) in [5.41, 5.74) is 1.54. The average Bonchev–Trinajstić information content (AvgIpc) is 2.83. The summed E-state index contributed by atoms with van der Waals surface area (Å²) < 4.78 is 5.08. The molecule has 1 unspecified atom stereocenters. The predicted molar refractivity (Wildman–Crippen MR) is 70.8 cm³/mol. The van der Waals surface area contributed by atoms with Crippen LogP contribution >= 0.6 is 11.6 Å². The van der Waals surface area contributed by atoms with Crippen LogP contribution in [0.25, 0.3) is 0 Å². The average molecular weight is 264 g/mol. The molecule has 0 spiro atoms. The fourth-order valence-electron chi connectivity index (χ4n) is 1.68. The maximum absolute atomic E-state index is 11.8. The molecule has 18 heavy (non-hydrogen) atoms. The van der Waals surface area contributed by atoms with E-state index in [1.807, 2.05) is 30.3 Å². The van der Waals surface area contributed by atoms with Gasteiger partial charge in [0.1, 0.15) is 5.76 Å². The molecule has 1 heterocycles. The van der Waals surface area contributed by atoms with Crippen molar-refractivity contribution in [3.63, 3.8) is 0 Å². The van der Waals surface area contributed by atoms with Gasteiger partial charge in [0.15, 0.2) is 0 Å². The molecule has 0 saturated carbocycles. The molecule has 0 aliphatic rings. The lowest BCUT2D eigenvalue weighted by Gasteiger charge is -2.10. The Morgan fingerprint density at radius 3 is 2.67 bits per heavy atom. The van der Waals surface area contributed by atoms with E-state index < -0.39 is 0 Å². The zero-order valence-electron chi connectivity index (χ0n) is 10.0. The van der Waals surface area contributed by atoms with E-state index in [-0.39, 0.29) is 11.3 Å². The van der Waals surface area contributed by atoms with Gasteiger partial charge >= 0.3 is 0 Å². The van der Waals surface area contributed by atoms with Crippen molar-refractivity contribution in [2.24, 2.45) is 0 Å². The Balaban J connectivity index is 1.93. The molecule has 1 atom stereocenters. The molecular formula is C14H14ClNO2. The number of carbonyl (C=O) groups excluding carboxylic acids is 1. The highest BCUT2D eigenvalue weighted by molar-refractivity contribution is 6.21. The van der Waals surface area contributed by atoms with E-state index in [1.165, 1.54) is 6.26 Å². The highest BCUT2D eigenvalue weighted by Crippen LogP contribution is 2.19. The summed E-state index contributed by atoms with van der Waals surface area (Å²) in [4.78, 5) is 11.8. The molecule has 0 radical (unpaired) electrons. The first-order chi connectivity index (χ1) is 8.68. The number of benzene rings is 1. The fraction of sp³-hybridized carbons (Fsp3) is 0.214. The van der Waals surface area contributed by atoms with E-state index in [0.717, 1.165) is 5.56 Å². The molecule has 0 saturated heterocycles. The highest BCUT2D eigenvalue weighted by Gasteiger charge is 2.13. The van der Waals surface area contributed by atoms with Crippen molar-refractivity contribution in [1.82, 2.24) is 5.32 Å². The van der Waals surface area contributed by atoms with Crippen LogP contribution in [0.1, 0.15) is 27.1 Å². The van der Waals surface area contributed by atoms with E-state index in [0.29, 0.717) is 17.9 Å². The van der Waals surface area contributed by atoms with Gasteiger partial charge in [-0.2, -0.15) is 0 Å². The van der Waals surface area contributed by atoms with Crippen LogP contribution in [-0.2, 0) is 0 Å². The molecule has 2 aromatic rings. The van der Waals surface area contributed by atoms with Gasteiger partial charge in [-0.25, -0.2) is 0 Å². The number of furan rings is 1. The van der Waals surface area contributed by atoms with Crippen LogP contribution in [0.3, 0.4) is 0 Å². The summed E-state index contributed by atoms with van der Waals surface area (Å²) in [7, 11) is 0. The second-order valence-corrected chi connectivity index (χ2v) is 4.51. The first kappa shape index (κ1) is 12.7. The summed E-state index contributed by atoms with van der Waals surface area (Å²) in [6.07, 6.45) is 1.50. The van der Waals surface area contributed by atoms with Crippen LogP contribution < -0.4 is 5.32 Å². The third-order valence-electron chi connectivity index (χ3n) is 2.71. The lowest BCUT2D eigenvalue weighted by atomic mass is 10.1. The Morgan fingerprint density at radius 2 is 2.06 bits per heavy atom.